The maximum absolute atomic E-state index is 13.2. The first-order chi connectivity index (χ1) is 12.1. The van der Waals surface area contributed by atoms with E-state index in [1.807, 2.05) is 36.4 Å². The van der Waals surface area contributed by atoms with Crippen molar-refractivity contribution in [3.8, 4) is 27.5 Å². The number of benzene rings is 2. The summed E-state index contributed by atoms with van der Waals surface area (Å²) in [4.78, 5) is 1.05. The lowest BCUT2D eigenvalue weighted by Gasteiger charge is -2.06. The van der Waals surface area contributed by atoms with Gasteiger partial charge in [-0.2, -0.15) is 5.10 Å². The predicted molar refractivity (Wildman–Crippen MR) is 102 cm³/mol. The topological polar surface area (TPSA) is 59.6 Å². The van der Waals surface area contributed by atoms with E-state index in [0.29, 0.717) is 15.6 Å². The summed E-state index contributed by atoms with van der Waals surface area (Å²) < 4.78 is 15.4. The van der Waals surface area contributed by atoms with E-state index >= 15 is 0 Å². The van der Waals surface area contributed by atoms with Crippen LogP contribution in [-0.4, -0.2) is 14.8 Å². The summed E-state index contributed by atoms with van der Waals surface area (Å²) in [5.74, 6) is 0.300. The Kier molecular flexibility index (Phi) is 3.95. The Hall–Kier alpha value is -2.77. The lowest BCUT2D eigenvalue weighted by Crippen LogP contribution is -1.98. The standard InChI is InChI=1S/C18H13FN4S2/c19-12-6-8-13(9-7-12)23-17(21-22-18(23)24)14-10-15(25-16(14)20)11-4-2-1-3-5-11/h1-10H,20H2,(H,22,24). The van der Waals surface area contributed by atoms with E-state index < -0.39 is 0 Å². The molecule has 0 unspecified atom stereocenters. The molecule has 4 rings (SSSR count). The Morgan fingerprint density at radius 1 is 1.08 bits per heavy atom. The third kappa shape index (κ3) is 2.88. The van der Waals surface area contributed by atoms with Gasteiger partial charge in [-0.25, -0.2) is 4.39 Å². The van der Waals surface area contributed by atoms with Crippen LogP contribution in [0.2, 0.25) is 0 Å². The lowest BCUT2D eigenvalue weighted by atomic mass is 10.1. The molecule has 4 nitrogen and oxygen atoms in total. The number of thiophene rings is 1. The van der Waals surface area contributed by atoms with E-state index in [0.717, 1.165) is 21.7 Å². The normalized spacial score (nSPS) is 10.9. The number of H-pyrrole nitrogens is 1. The lowest BCUT2D eigenvalue weighted by molar-refractivity contribution is 0.627. The molecule has 0 saturated heterocycles. The highest BCUT2D eigenvalue weighted by molar-refractivity contribution is 7.71. The number of nitrogens with zero attached hydrogens (tertiary/aromatic N) is 2. The molecule has 0 atom stereocenters. The Labute approximate surface area is 152 Å². The molecule has 2 heterocycles. The summed E-state index contributed by atoms with van der Waals surface area (Å²) in [5.41, 5.74) is 8.86. The zero-order chi connectivity index (χ0) is 17.4. The van der Waals surface area contributed by atoms with E-state index in [2.05, 4.69) is 10.2 Å². The van der Waals surface area contributed by atoms with Gasteiger partial charge in [0.05, 0.1) is 16.3 Å². The number of nitrogens with two attached hydrogens (primary N) is 1. The van der Waals surface area contributed by atoms with Crippen LogP contribution < -0.4 is 5.73 Å². The monoisotopic (exact) mass is 368 g/mol. The van der Waals surface area contributed by atoms with Crippen LogP contribution >= 0.6 is 23.6 Å². The first-order valence-electron chi connectivity index (χ1n) is 7.52. The Morgan fingerprint density at radius 2 is 1.80 bits per heavy atom. The van der Waals surface area contributed by atoms with Gasteiger partial charge in [0.2, 0.25) is 0 Å². The maximum atomic E-state index is 13.2. The fourth-order valence-electron chi connectivity index (χ4n) is 2.63. The van der Waals surface area contributed by atoms with Crippen LogP contribution in [0.1, 0.15) is 0 Å². The van der Waals surface area contributed by atoms with Crippen LogP contribution in [0.25, 0.3) is 27.5 Å². The van der Waals surface area contributed by atoms with Crippen molar-refractivity contribution in [2.45, 2.75) is 0 Å². The molecule has 0 amide bonds. The first-order valence-corrected chi connectivity index (χ1v) is 8.74. The molecule has 2 aromatic heterocycles. The van der Waals surface area contributed by atoms with Crippen LogP contribution in [0.3, 0.4) is 0 Å². The molecule has 3 N–H and O–H groups in total. The third-order valence-electron chi connectivity index (χ3n) is 3.82. The van der Waals surface area contributed by atoms with Gasteiger partial charge in [-0.15, -0.1) is 11.3 Å². The molecule has 7 heteroatoms. The van der Waals surface area contributed by atoms with Gasteiger partial charge in [-0.3, -0.25) is 9.67 Å². The van der Waals surface area contributed by atoms with Crippen LogP contribution in [-0.2, 0) is 0 Å². The fourth-order valence-corrected chi connectivity index (χ4v) is 3.80. The summed E-state index contributed by atoms with van der Waals surface area (Å²) in [6.07, 6.45) is 0. The van der Waals surface area contributed by atoms with E-state index in [-0.39, 0.29) is 5.82 Å². The summed E-state index contributed by atoms with van der Waals surface area (Å²) in [5, 5.41) is 7.78. The minimum Gasteiger partial charge on any atom is -0.390 e. The van der Waals surface area contributed by atoms with Crippen molar-refractivity contribution in [3.63, 3.8) is 0 Å². The minimum absolute atomic E-state index is 0.304. The highest BCUT2D eigenvalue weighted by Gasteiger charge is 2.17. The average molecular weight is 368 g/mol. The number of anilines is 1. The van der Waals surface area contributed by atoms with E-state index in [1.165, 1.54) is 23.5 Å². The van der Waals surface area contributed by atoms with Crippen molar-refractivity contribution in [2.75, 3.05) is 5.73 Å². The predicted octanol–water partition coefficient (Wildman–Crippen LogP) is 5.05. The number of nitrogens with one attached hydrogen (secondary N) is 1. The molecule has 2 aromatic carbocycles. The van der Waals surface area contributed by atoms with Crippen molar-refractivity contribution in [1.29, 1.82) is 0 Å². The van der Waals surface area contributed by atoms with Gasteiger partial charge in [-0.1, -0.05) is 30.3 Å². The molecule has 0 bridgehead atoms. The molecule has 0 radical (unpaired) electrons. The molecule has 0 aliphatic heterocycles. The van der Waals surface area contributed by atoms with Gasteiger partial charge >= 0.3 is 0 Å². The number of aromatic amines is 1. The highest BCUT2D eigenvalue weighted by atomic mass is 32.1. The second kappa shape index (κ2) is 6.27. The van der Waals surface area contributed by atoms with Crippen molar-refractivity contribution in [1.82, 2.24) is 14.8 Å². The quantitative estimate of drug-likeness (QED) is 0.498. The van der Waals surface area contributed by atoms with Gasteiger partial charge in [0.1, 0.15) is 5.82 Å². The second-order valence-corrected chi connectivity index (χ2v) is 6.89. The maximum Gasteiger partial charge on any atom is 0.200 e. The number of aromatic nitrogens is 3. The molecular weight excluding hydrogens is 355 g/mol. The SMILES string of the molecule is Nc1sc(-c2ccccc2)cc1-c1n[nH]c(=S)n1-c1ccc(F)cc1. The molecule has 4 aromatic rings. The molecule has 25 heavy (non-hydrogen) atoms. The van der Waals surface area contributed by atoms with Crippen LogP contribution in [0, 0.1) is 10.6 Å². The smallest absolute Gasteiger partial charge is 0.200 e. The van der Waals surface area contributed by atoms with Gasteiger partial charge < -0.3 is 5.73 Å². The van der Waals surface area contributed by atoms with E-state index in [4.69, 9.17) is 18.0 Å². The molecule has 0 aliphatic rings. The molecule has 0 saturated carbocycles. The highest BCUT2D eigenvalue weighted by Crippen LogP contribution is 2.39. The van der Waals surface area contributed by atoms with Crippen molar-refractivity contribution in [3.05, 3.63) is 71.3 Å². The Balaban J connectivity index is 1.86. The molecule has 0 spiro atoms. The first kappa shape index (κ1) is 15.7. The van der Waals surface area contributed by atoms with E-state index in [9.17, 15) is 4.39 Å². The summed E-state index contributed by atoms with van der Waals surface area (Å²) in [7, 11) is 0. The van der Waals surface area contributed by atoms with Gasteiger partial charge in [0, 0.05) is 4.88 Å². The fraction of sp³-hybridized carbons (Fsp3) is 0. The van der Waals surface area contributed by atoms with Gasteiger partial charge in [0.15, 0.2) is 10.6 Å². The number of halogens is 1. The van der Waals surface area contributed by atoms with Crippen molar-refractivity contribution in [2.24, 2.45) is 0 Å². The van der Waals surface area contributed by atoms with E-state index in [1.54, 1.807) is 16.7 Å². The minimum atomic E-state index is -0.304. The van der Waals surface area contributed by atoms with Gasteiger partial charge in [-0.05, 0) is 48.1 Å². The Bertz CT molecular complexity index is 1080. The van der Waals surface area contributed by atoms with Gasteiger partial charge in [0.25, 0.3) is 0 Å². The van der Waals surface area contributed by atoms with Crippen LogP contribution in [0.4, 0.5) is 9.39 Å². The zero-order valence-corrected chi connectivity index (χ0v) is 14.6. The molecule has 0 aliphatic carbocycles. The van der Waals surface area contributed by atoms with Crippen LogP contribution in [0.15, 0.2) is 60.7 Å². The van der Waals surface area contributed by atoms with Crippen LogP contribution in [0.5, 0.6) is 0 Å². The summed E-state index contributed by atoms with van der Waals surface area (Å²) >= 11 is 6.84. The average Bonchev–Trinajstić information content (AvgIpc) is 3.19. The van der Waals surface area contributed by atoms with Crippen molar-refractivity contribution < 1.29 is 4.39 Å². The van der Waals surface area contributed by atoms with Crippen molar-refractivity contribution >= 4 is 28.6 Å². The molecule has 0 fully saturated rings. The molecular formula is C18H13FN4S2. The summed E-state index contributed by atoms with van der Waals surface area (Å²) in [6, 6.07) is 18.1. The second-order valence-electron chi connectivity index (χ2n) is 5.42. The number of rotatable bonds is 3. The molecule has 124 valence electrons. The zero-order valence-electron chi connectivity index (χ0n) is 12.9. The number of hydrogen-bond acceptors (Lipinski definition) is 4. The Morgan fingerprint density at radius 3 is 2.52 bits per heavy atom. The number of hydrogen-bond donors (Lipinski definition) is 2. The number of nitrogen functional groups attached to an aromatic ring is 1. The third-order valence-corrected chi connectivity index (χ3v) is 5.10. The largest absolute Gasteiger partial charge is 0.390 e. The summed E-state index contributed by atoms with van der Waals surface area (Å²) in [6.45, 7) is 0.